The Kier molecular flexibility index (Phi) is 7.57. The van der Waals surface area contributed by atoms with Gasteiger partial charge in [0.25, 0.3) is 0 Å². The highest BCUT2D eigenvalue weighted by molar-refractivity contribution is 5.92. The predicted molar refractivity (Wildman–Crippen MR) is 145 cm³/mol. The number of carbonyl (C=O) groups excluding carboxylic acids is 1. The smallest absolute Gasteiger partial charge is 0.324 e. The maximum atomic E-state index is 15.5. The summed E-state index contributed by atoms with van der Waals surface area (Å²) in [6.07, 6.45) is 7.96. The zero-order valence-electron chi connectivity index (χ0n) is 22.8. The number of nitrogens with zero attached hydrogens (tertiary/aromatic N) is 5. The van der Waals surface area contributed by atoms with E-state index in [4.69, 9.17) is 9.47 Å². The van der Waals surface area contributed by atoms with E-state index < -0.39 is 28.8 Å². The zero-order valence-corrected chi connectivity index (χ0v) is 22.8. The SMILES string of the molecule is COc1cc(OC)c(F)c(N(Cc2ccc(-c3ccc(C4(C#N)CCC4)nc3)nc2)C(=O)N(C)CC2CC2)c1F. The van der Waals surface area contributed by atoms with Crippen LogP contribution in [-0.4, -0.2) is 48.7 Å². The monoisotopic (exact) mass is 547 g/mol. The van der Waals surface area contributed by atoms with Crippen LogP contribution in [0.25, 0.3) is 11.3 Å². The van der Waals surface area contributed by atoms with Crippen LogP contribution in [0.2, 0.25) is 0 Å². The Morgan fingerprint density at radius 2 is 1.77 bits per heavy atom. The first-order valence-electron chi connectivity index (χ1n) is 13.3. The van der Waals surface area contributed by atoms with Crippen LogP contribution in [0.15, 0.2) is 42.7 Å². The van der Waals surface area contributed by atoms with E-state index in [2.05, 4.69) is 16.0 Å². The number of anilines is 1. The molecule has 3 aromatic rings. The molecular weight excluding hydrogens is 516 g/mol. The van der Waals surface area contributed by atoms with E-state index in [1.54, 1.807) is 31.6 Å². The number of rotatable bonds is 9. The van der Waals surface area contributed by atoms with Gasteiger partial charge in [-0.3, -0.25) is 14.9 Å². The number of methoxy groups -OCH3 is 2. The summed E-state index contributed by atoms with van der Waals surface area (Å²) >= 11 is 0. The normalized spacial score (nSPS) is 15.5. The van der Waals surface area contributed by atoms with Crippen LogP contribution >= 0.6 is 0 Å². The van der Waals surface area contributed by atoms with E-state index in [-0.39, 0.29) is 18.0 Å². The number of hydrogen-bond donors (Lipinski definition) is 0. The lowest BCUT2D eigenvalue weighted by atomic mass is 9.67. The number of benzene rings is 1. The molecule has 1 aromatic carbocycles. The van der Waals surface area contributed by atoms with Gasteiger partial charge in [0.05, 0.1) is 43.6 Å². The van der Waals surface area contributed by atoms with Crippen molar-refractivity contribution in [2.45, 2.75) is 44.1 Å². The summed E-state index contributed by atoms with van der Waals surface area (Å²) in [6, 6.07) is 10.2. The van der Waals surface area contributed by atoms with Crippen molar-refractivity contribution in [3.05, 3.63) is 65.6 Å². The first-order valence-corrected chi connectivity index (χ1v) is 13.3. The fourth-order valence-corrected chi connectivity index (χ4v) is 4.98. The lowest BCUT2D eigenvalue weighted by Crippen LogP contribution is -2.42. The van der Waals surface area contributed by atoms with Gasteiger partial charge in [0, 0.05) is 37.6 Å². The van der Waals surface area contributed by atoms with Gasteiger partial charge in [-0.15, -0.1) is 0 Å². The van der Waals surface area contributed by atoms with Gasteiger partial charge in [-0.1, -0.05) is 6.07 Å². The third kappa shape index (κ3) is 5.16. The first kappa shape index (κ1) is 27.3. The predicted octanol–water partition coefficient (Wildman–Crippen LogP) is 5.85. The third-order valence-corrected chi connectivity index (χ3v) is 7.74. The minimum Gasteiger partial charge on any atom is -0.493 e. The molecule has 5 rings (SSSR count). The van der Waals surface area contributed by atoms with Gasteiger partial charge < -0.3 is 14.4 Å². The van der Waals surface area contributed by atoms with Crippen LogP contribution in [0.4, 0.5) is 19.3 Å². The van der Waals surface area contributed by atoms with Crippen molar-refractivity contribution in [1.29, 1.82) is 5.26 Å². The van der Waals surface area contributed by atoms with Crippen LogP contribution in [-0.2, 0) is 12.0 Å². The average molecular weight is 548 g/mol. The first-order chi connectivity index (χ1) is 19.3. The van der Waals surface area contributed by atoms with E-state index in [0.717, 1.165) is 54.3 Å². The summed E-state index contributed by atoms with van der Waals surface area (Å²) in [4.78, 5) is 25.1. The van der Waals surface area contributed by atoms with Crippen molar-refractivity contribution >= 4 is 11.7 Å². The summed E-state index contributed by atoms with van der Waals surface area (Å²) in [6.45, 7) is 0.361. The Morgan fingerprint density at radius 1 is 1.07 bits per heavy atom. The number of nitriles is 1. The summed E-state index contributed by atoms with van der Waals surface area (Å²) in [5.41, 5.74) is 1.71. The van der Waals surface area contributed by atoms with Gasteiger partial charge in [0.1, 0.15) is 5.69 Å². The van der Waals surface area contributed by atoms with Crippen molar-refractivity contribution in [2.75, 3.05) is 32.7 Å². The molecule has 40 heavy (non-hydrogen) atoms. The lowest BCUT2D eigenvalue weighted by molar-refractivity contribution is 0.212. The lowest BCUT2D eigenvalue weighted by Gasteiger charge is -2.34. The Bertz CT molecular complexity index is 1400. The fraction of sp³-hybridized carbons (Fsp3) is 0.400. The Balaban J connectivity index is 1.44. The number of aromatic nitrogens is 2. The molecule has 2 aliphatic carbocycles. The van der Waals surface area contributed by atoms with E-state index in [1.165, 1.54) is 19.1 Å². The van der Waals surface area contributed by atoms with E-state index in [9.17, 15) is 10.1 Å². The molecule has 2 heterocycles. The molecule has 208 valence electrons. The summed E-state index contributed by atoms with van der Waals surface area (Å²) in [5, 5.41) is 9.58. The number of urea groups is 1. The van der Waals surface area contributed by atoms with Crippen LogP contribution in [0.3, 0.4) is 0 Å². The van der Waals surface area contributed by atoms with Gasteiger partial charge >= 0.3 is 6.03 Å². The molecule has 0 unspecified atom stereocenters. The molecule has 10 heteroatoms. The van der Waals surface area contributed by atoms with Crippen LogP contribution in [0.1, 0.15) is 43.4 Å². The van der Waals surface area contributed by atoms with Gasteiger partial charge in [0.15, 0.2) is 23.1 Å². The maximum Gasteiger partial charge on any atom is 0.324 e. The van der Waals surface area contributed by atoms with Crippen molar-refractivity contribution < 1.29 is 23.0 Å². The van der Waals surface area contributed by atoms with Crippen molar-refractivity contribution in [3.8, 4) is 28.8 Å². The molecule has 8 nitrogen and oxygen atoms in total. The largest absolute Gasteiger partial charge is 0.493 e. The van der Waals surface area contributed by atoms with Crippen molar-refractivity contribution in [2.24, 2.45) is 5.92 Å². The molecule has 0 N–H and O–H groups in total. The molecule has 2 saturated carbocycles. The zero-order chi connectivity index (χ0) is 28.4. The molecule has 0 radical (unpaired) electrons. The Hall–Kier alpha value is -4.26. The van der Waals surface area contributed by atoms with Gasteiger partial charge in [0.2, 0.25) is 0 Å². The number of halogens is 2. The molecule has 0 spiro atoms. The third-order valence-electron chi connectivity index (χ3n) is 7.74. The second-order valence-electron chi connectivity index (χ2n) is 10.5. The van der Waals surface area contributed by atoms with Gasteiger partial charge in [-0.2, -0.15) is 5.26 Å². The minimum absolute atomic E-state index is 0.132. The topological polar surface area (TPSA) is 91.6 Å². The molecule has 0 atom stereocenters. The second kappa shape index (κ2) is 11.1. The molecular formula is C30H31F2N5O3. The summed E-state index contributed by atoms with van der Waals surface area (Å²) < 4.78 is 41.2. The number of carbonyl (C=O) groups is 1. The Labute approximate surface area is 232 Å². The van der Waals surface area contributed by atoms with Gasteiger partial charge in [-0.25, -0.2) is 13.6 Å². The highest BCUT2D eigenvalue weighted by atomic mass is 19.1. The van der Waals surface area contributed by atoms with Gasteiger partial charge in [-0.05, 0) is 61.8 Å². The molecule has 0 bridgehead atoms. The molecule has 2 aromatic heterocycles. The highest BCUT2D eigenvalue weighted by Gasteiger charge is 2.40. The molecule has 2 aliphatic rings. The van der Waals surface area contributed by atoms with Crippen LogP contribution in [0.5, 0.6) is 11.5 Å². The highest BCUT2D eigenvalue weighted by Crippen LogP contribution is 2.42. The van der Waals surface area contributed by atoms with Crippen molar-refractivity contribution in [3.63, 3.8) is 0 Å². The molecule has 0 aliphatic heterocycles. The fourth-order valence-electron chi connectivity index (χ4n) is 4.98. The second-order valence-corrected chi connectivity index (χ2v) is 10.5. The Morgan fingerprint density at radius 3 is 2.25 bits per heavy atom. The number of ether oxygens (including phenoxy) is 2. The standard InChI is InChI=1S/C30H31F2N5O3/c1-36(16-19-5-6-19)29(38)37(28-26(31)23(39-2)13-24(40-3)27(28)32)17-20-7-9-22(34-14-20)21-8-10-25(35-15-21)30(18-33)11-4-12-30/h7-10,13-15,19H,4-6,11-12,16-17H2,1-3H3. The number of hydrogen-bond acceptors (Lipinski definition) is 6. The average Bonchev–Trinajstić information content (AvgIpc) is 3.77. The quantitative estimate of drug-likeness (QED) is 0.334. The molecule has 2 fully saturated rings. The van der Waals surface area contributed by atoms with Crippen LogP contribution in [0, 0.1) is 28.9 Å². The summed E-state index contributed by atoms with van der Waals surface area (Å²) in [5.74, 6) is -2.07. The minimum atomic E-state index is -0.994. The van der Waals surface area contributed by atoms with Crippen molar-refractivity contribution in [1.82, 2.24) is 14.9 Å². The van der Waals surface area contributed by atoms with Crippen LogP contribution < -0.4 is 14.4 Å². The van der Waals surface area contributed by atoms with E-state index in [0.29, 0.717) is 23.7 Å². The summed E-state index contributed by atoms with van der Waals surface area (Å²) in [7, 11) is 4.15. The maximum absolute atomic E-state index is 15.5. The number of pyridine rings is 2. The van der Waals surface area contributed by atoms with E-state index in [1.807, 2.05) is 12.1 Å². The molecule has 2 amide bonds. The molecule has 0 saturated heterocycles. The van der Waals surface area contributed by atoms with E-state index >= 15 is 8.78 Å². The number of amides is 2.